The molecule has 1 aliphatic rings. The third kappa shape index (κ3) is 7.72. The van der Waals surface area contributed by atoms with Gasteiger partial charge in [-0.05, 0) is 36.3 Å². The van der Waals surface area contributed by atoms with E-state index >= 15 is 0 Å². The Hall–Kier alpha value is -1.86. The molecule has 5 nitrogen and oxygen atoms in total. The molecule has 1 aliphatic heterocycles. The number of halogens is 1. The van der Waals surface area contributed by atoms with Crippen LogP contribution >= 0.6 is 11.8 Å². The first-order valence-corrected chi connectivity index (χ1v) is 10.3. The van der Waals surface area contributed by atoms with E-state index in [0.29, 0.717) is 25.8 Å². The summed E-state index contributed by atoms with van der Waals surface area (Å²) >= 11 is 1.65. The molecule has 0 saturated carbocycles. The lowest BCUT2D eigenvalue weighted by molar-refractivity contribution is -0.137. The summed E-state index contributed by atoms with van der Waals surface area (Å²) in [6, 6.07) is 6.03. The topological polar surface area (TPSA) is 77.8 Å². The van der Waals surface area contributed by atoms with Gasteiger partial charge in [0, 0.05) is 31.6 Å². The number of benzene rings is 1. The van der Waals surface area contributed by atoms with Gasteiger partial charge in [-0.1, -0.05) is 24.3 Å². The highest BCUT2D eigenvalue weighted by molar-refractivity contribution is 7.99. The molecule has 27 heavy (non-hydrogen) atoms. The molecule has 2 unspecified atom stereocenters. The molecule has 2 atom stereocenters. The van der Waals surface area contributed by atoms with E-state index < -0.39 is 12.1 Å². The van der Waals surface area contributed by atoms with Crippen LogP contribution in [0.5, 0.6) is 0 Å². The van der Waals surface area contributed by atoms with Gasteiger partial charge in [0.25, 0.3) is 0 Å². The summed E-state index contributed by atoms with van der Waals surface area (Å²) in [7, 11) is 0. The average molecular weight is 395 g/mol. The largest absolute Gasteiger partial charge is 0.481 e. The number of nitrogens with zero attached hydrogens (tertiary/aromatic N) is 1. The Morgan fingerprint density at radius 3 is 2.78 bits per heavy atom. The Bertz CT molecular complexity index is 650. The lowest BCUT2D eigenvalue weighted by atomic mass is 10.1. The van der Waals surface area contributed by atoms with E-state index in [1.54, 1.807) is 30.0 Å². The van der Waals surface area contributed by atoms with Gasteiger partial charge >= 0.3 is 5.97 Å². The highest BCUT2D eigenvalue weighted by atomic mass is 32.2. The molecular formula is C20H26FNO4S. The number of carboxylic acids is 1. The van der Waals surface area contributed by atoms with Gasteiger partial charge in [-0.2, -0.15) is 11.8 Å². The number of aliphatic hydroxyl groups excluding tert-OH is 1. The Balaban J connectivity index is 1.76. The van der Waals surface area contributed by atoms with Gasteiger partial charge in [0.2, 0.25) is 5.91 Å². The quantitative estimate of drug-likeness (QED) is 0.445. The van der Waals surface area contributed by atoms with Gasteiger partial charge in [0.15, 0.2) is 0 Å². The lowest BCUT2D eigenvalue weighted by Gasteiger charge is -2.22. The van der Waals surface area contributed by atoms with Crippen LogP contribution in [0.1, 0.15) is 31.2 Å². The van der Waals surface area contributed by atoms with Crippen molar-refractivity contribution in [1.29, 1.82) is 0 Å². The summed E-state index contributed by atoms with van der Waals surface area (Å²) in [5.41, 5.74) is 0.852. The van der Waals surface area contributed by atoms with E-state index in [0.717, 1.165) is 23.5 Å². The molecule has 0 aromatic heterocycles. The van der Waals surface area contributed by atoms with Gasteiger partial charge in [-0.3, -0.25) is 9.59 Å². The number of rotatable bonds is 11. The predicted octanol–water partition coefficient (Wildman–Crippen LogP) is 2.87. The molecule has 0 spiro atoms. The van der Waals surface area contributed by atoms with E-state index in [-0.39, 0.29) is 24.2 Å². The van der Waals surface area contributed by atoms with E-state index in [9.17, 15) is 19.1 Å². The number of likely N-dealkylation sites (tertiary alicyclic amines) is 1. The van der Waals surface area contributed by atoms with Crippen molar-refractivity contribution < 1.29 is 24.2 Å². The highest BCUT2D eigenvalue weighted by Gasteiger charge is 2.28. The van der Waals surface area contributed by atoms with E-state index in [1.807, 2.05) is 11.0 Å². The molecule has 1 amide bonds. The molecule has 148 valence electrons. The maximum atomic E-state index is 12.9. The van der Waals surface area contributed by atoms with Crippen molar-refractivity contribution in [3.05, 3.63) is 47.8 Å². The van der Waals surface area contributed by atoms with Gasteiger partial charge < -0.3 is 15.1 Å². The van der Waals surface area contributed by atoms with Crippen LogP contribution in [-0.2, 0) is 16.0 Å². The number of hydrogen-bond acceptors (Lipinski definition) is 4. The Morgan fingerprint density at radius 1 is 1.33 bits per heavy atom. The van der Waals surface area contributed by atoms with E-state index in [2.05, 4.69) is 0 Å². The fraction of sp³-hybridized carbons (Fsp3) is 0.500. The van der Waals surface area contributed by atoms with Crippen LogP contribution in [0.4, 0.5) is 4.39 Å². The molecule has 0 radical (unpaired) electrons. The zero-order valence-corrected chi connectivity index (χ0v) is 16.0. The highest BCUT2D eigenvalue weighted by Crippen LogP contribution is 2.21. The molecule has 2 rings (SSSR count). The standard InChI is InChI=1S/C20H26FNO4S/c21-16-5-3-15(4-6-16)14-18(23)9-7-17-8-10-19(24)22(17)11-13-27-12-1-2-20(25)26/h3-7,9,17-18,23H,1-2,8,10-14H2,(H,25,26). The van der Waals surface area contributed by atoms with Crippen LogP contribution in [0.15, 0.2) is 36.4 Å². The van der Waals surface area contributed by atoms with Crippen molar-refractivity contribution >= 4 is 23.6 Å². The number of thioether (sulfide) groups is 1. The first-order chi connectivity index (χ1) is 13.0. The van der Waals surface area contributed by atoms with Crippen LogP contribution in [0.25, 0.3) is 0 Å². The minimum Gasteiger partial charge on any atom is -0.481 e. The van der Waals surface area contributed by atoms with Gasteiger partial charge in [-0.25, -0.2) is 4.39 Å². The van der Waals surface area contributed by atoms with Crippen molar-refractivity contribution in [2.24, 2.45) is 0 Å². The van der Waals surface area contributed by atoms with Crippen LogP contribution in [-0.4, -0.2) is 57.2 Å². The molecule has 1 fully saturated rings. The van der Waals surface area contributed by atoms with Crippen molar-refractivity contribution in [2.45, 2.75) is 44.2 Å². The smallest absolute Gasteiger partial charge is 0.303 e. The van der Waals surface area contributed by atoms with Gasteiger partial charge in [0.1, 0.15) is 5.82 Å². The van der Waals surface area contributed by atoms with Crippen LogP contribution < -0.4 is 0 Å². The molecule has 0 bridgehead atoms. The fourth-order valence-electron chi connectivity index (χ4n) is 3.02. The van der Waals surface area contributed by atoms with Crippen molar-refractivity contribution in [3.63, 3.8) is 0 Å². The Labute approximate surface area is 163 Å². The fourth-order valence-corrected chi connectivity index (χ4v) is 3.90. The van der Waals surface area contributed by atoms with Crippen molar-refractivity contribution in [2.75, 3.05) is 18.1 Å². The maximum absolute atomic E-state index is 12.9. The molecule has 7 heteroatoms. The Morgan fingerprint density at radius 2 is 2.07 bits per heavy atom. The monoisotopic (exact) mass is 395 g/mol. The molecule has 2 N–H and O–H groups in total. The molecule has 1 saturated heterocycles. The SMILES string of the molecule is O=C(O)CCCSCCN1C(=O)CCC1C=CC(O)Cc1ccc(F)cc1. The van der Waals surface area contributed by atoms with E-state index in [1.165, 1.54) is 12.1 Å². The Kier molecular flexibility index (Phi) is 8.81. The van der Waals surface area contributed by atoms with Gasteiger partial charge in [0.05, 0.1) is 12.1 Å². The molecule has 1 heterocycles. The normalized spacial score (nSPS) is 18.4. The van der Waals surface area contributed by atoms with Crippen LogP contribution in [0, 0.1) is 5.82 Å². The summed E-state index contributed by atoms with van der Waals surface area (Å²) in [6.45, 7) is 0.625. The van der Waals surface area contributed by atoms with E-state index in [4.69, 9.17) is 5.11 Å². The molecule has 1 aromatic rings. The van der Waals surface area contributed by atoms with Gasteiger partial charge in [-0.15, -0.1) is 0 Å². The average Bonchev–Trinajstić information content (AvgIpc) is 2.98. The molecule has 1 aromatic carbocycles. The number of carboxylic acid groups (broad SMARTS) is 1. The van der Waals surface area contributed by atoms with Crippen LogP contribution in [0.3, 0.4) is 0 Å². The summed E-state index contributed by atoms with van der Waals surface area (Å²) in [4.78, 5) is 24.4. The summed E-state index contributed by atoms with van der Waals surface area (Å²) in [6.07, 6.45) is 5.36. The number of aliphatic hydroxyl groups is 1. The second kappa shape index (κ2) is 11.1. The summed E-state index contributed by atoms with van der Waals surface area (Å²) in [5.74, 6) is 0.572. The number of amides is 1. The number of carbonyl (C=O) groups is 2. The first-order valence-electron chi connectivity index (χ1n) is 9.15. The third-order valence-electron chi connectivity index (χ3n) is 4.44. The second-order valence-electron chi connectivity index (χ2n) is 6.59. The number of aliphatic carboxylic acids is 1. The molecule has 0 aliphatic carbocycles. The van der Waals surface area contributed by atoms with Crippen molar-refractivity contribution in [1.82, 2.24) is 4.90 Å². The van der Waals surface area contributed by atoms with Crippen LogP contribution in [0.2, 0.25) is 0 Å². The van der Waals surface area contributed by atoms with Crippen molar-refractivity contribution in [3.8, 4) is 0 Å². The lowest BCUT2D eigenvalue weighted by Crippen LogP contribution is -2.34. The third-order valence-corrected chi connectivity index (χ3v) is 5.49. The zero-order valence-electron chi connectivity index (χ0n) is 15.2. The molecular weight excluding hydrogens is 369 g/mol. The first kappa shape index (κ1) is 21.4. The number of carbonyl (C=O) groups excluding carboxylic acids is 1. The minimum atomic E-state index is -0.783. The zero-order chi connectivity index (χ0) is 19.6. The second-order valence-corrected chi connectivity index (χ2v) is 7.81. The minimum absolute atomic E-state index is 0.0139. The predicted molar refractivity (Wildman–Crippen MR) is 104 cm³/mol. The summed E-state index contributed by atoms with van der Waals surface area (Å²) < 4.78 is 12.9. The number of hydrogen-bond donors (Lipinski definition) is 2. The summed E-state index contributed by atoms with van der Waals surface area (Å²) in [5, 5.41) is 18.8. The maximum Gasteiger partial charge on any atom is 0.303 e.